The van der Waals surface area contributed by atoms with E-state index in [1.165, 1.54) is 0 Å². The van der Waals surface area contributed by atoms with Crippen molar-refractivity contribution in [3.8, 4) is 0 Å². The van der Waals surface area contributed by atoms with Gasteiger partial charge in [-0.3, -0.25) is 11.5 Å². The van der Waals surface area contributed by atoms with Gasteiger partial charge in [-0.2, -0.15) is 0 Å². The molecule has 0 saturated carbocycles. The number of carbonyl (C=O) groups is 1. The normalized spacial score (nSPS) is 23.0. The average Bonchev–Trinajstić information content (AvgIpc) is 2.95. The maximum absolute atomic E-state index is 12.4. The Labute approximate surface area is 158 Å². The largest absolute Gasteiger partial charge is 0.394 e. The van der Waals surface area contributed by atoms with Crippen molar-refractivity contribution in [2.24, 2.45) is 5.73 Å². The fraction of sp³-hybridized carbons (Fsp3) is 0.867. The first kappa shape index (κ1) is 23.3. The van der Waals surface area contributed by atoms with Gasteiger partial charge in [0, 0.05) is 37.1 Å². The zero-order valence-corrected chi connectivity index (χ0v) is 17.1. The molecular weight excluding hydrogens is 383 g/mol. The fourth-order valence-corrected chi connectivity index (χ4v) is 5.86. The molecule has 0 aliphatic carbocycles. The summed E-state index contributed by atoms with van der Waals surface area (Å²) in [6.45, 7) is 4.37. The van der Waals surface area contributed by atoms with E-state index in [2.05, 4.69) is 6.66 Å². The van der Waals surface area contributed by atoms with Crippen molar-refractivity contribution >= 4 is 34.9 Å². The lowest BCUT2D eigenvalue weighted by Gasteiger charge is -2.27. The number of hydrogen-bond donors (Lipinski definition) is 3. The second-order valence-electron chi connectivity index (χ2n) is 6.01. The number of likely N-dealkylation sites (tertiary alicyclic amines) is 1. The van der Waals surface area contributed by atoms with Gasteiger partial charge in [0.05, 0.1) is 26.7 Å². The Balaban J connectivity index is 2.37. The predicted molar refractivity (Wildman–Crippen MR) is 105 cm³/mol. The first-order valence-electron chi connectivity index (χ1n) is 8.50. The van der Waals surface area contributed by atoms with Crippen LogP contribution in [0.4, 0.5) is 0 Å². The third-order valence-electron chi connectivity index (χ3n) is 3.84. The molecule has 10 heteroatoms. The molecule has 0 spiro atoms. The van der Waals surface area contributed by atoms with Crippen molar-refractivity contribution in [2.75, 3.05) is 44.0 Å². The number of rotatable bonds is 13. The van der Waals surface area contributed by atoms with Crippen molar-refractivity contribution in [2.45, 2.75) is 37.8 Å². The number of aliphatic hydroxyl groups excluding tert-OH is 2. The summed E-state index contributed by atoms with van der Waals surface area (Å²) < 4.78 is 17.2. The summed E-state index contributed by atoms with van der Waals surface area (Å²) in [6.07, 6.45) is 1.91. The monoisotopic (exact) mass is 413 g/mol. The van der Waals surface area contributed by atoms with Crippen molar-refractivity contribution in [1.29, 1.82) is 0 Å². The third-order valence-corrected chi connectivity index (χ3v) is 7.95. The third kappa shape index (κ3) is 9.65. The summed E-state index contributed by atoms with van der Waals surface area (Å²) in [5, 5.41) is 18.6. The highest BCUT2D eigenvalue weighted by Gasteiger charge is 2.34. The second-order valence-corrected chi connectivity index (χ2v) is 11.0. The molecule has 3 atom stereocenters. The molecule has 0 bridgehead atoms. The number of nitrogens with zero attached hydrogens (tertiary/aromatic N) is 1. The lowest BCUT2D eigenvalue weighted by molar-refractivity contribution is -0.132. The Hall–Kier alpha value is 0.240. The van der Waals surface area contributed by atoms with Gasteiger partial charge < -0.3 is 29.9 Å². The fourth-order valence-electron chi connectivity index (χ4n) is 2.68. The first-order chi connectivity index (χ1) is 11.9. The van der Waals surface area contributed by atoms with Gasteiger partial charge >= 0.3 is 0 Å². The van der Waals surface area contributed by atoms with E-state index in [4.69, 9.17) is 15.4 Å². The van der Waals surface area contributed by atoms with Crippen LogP contribution in [-0.4, -0.2) is 77.1 Å². The summed E-state index contributed by atoms with van der Waals surface area (Å²) in [7, 11) is 0.411. The standard InChI is InChI=1S/C15H30N2O5PS2/c1-23(21,22-7-6-18)8-4-13-11-14(19)12-17(13)15(20)3-2-9-24-25-10-5-16/h13-14,18-19H,1-12,16H2/q-1/t13-,14-,23?/m1/s1. The number of carbonyl (C=O) groups excluding carboxylic acids is 1. The van der Waals surface area contributed by atoms with Gasteiger partial charge in [0.2, 0.25) is 5.91 Å². The molecule has 0 aromatic rings. The molecule has 1 aliphatic heterocycles. The van der Waals surface area contributed by atoms with E-state index in [0.29, 0.717) is 32.4 Å². The summed E-state index contributed by atoms with van der Waals surface area (Å²) in [6, 6.07) is -0.130. The SMILES string of the molecule is [CH2-]P(=O)(CC[C@@H]1C[C@@H](O)CN1C(=O)CCCSSCCN)OCCO. The second kappa shape index (κ2) is 12.6. The van der Waals surface area contributed by atoms with Crippen LogP contribution in [0, 0.1) is 6.66 Å². The highest BCUT2D eigenvalue weighted by Crippen LogP contribution is 2.46. The van der Waals surface area contributed by atoms with Crippen LogP contribution in [0.3, 0.4) is 0 Å². The van der Waals surface area contributed by atoms with Gasteiger partial charge in [0.15, 0.2) is 0 Å². The minimum absolute atomic E-state index is 0.00342. The van der Waals surface area contributed by atoms with E-state index in [-0.39, 0.29) is 31.3 Å². The van der Waals surface area contributed by atoms with Crippen molar-refractivity contribution < 1.29 is 24.1 Å². The quantitative estimate of drug-likeness (QED) is 0.180. The smallest absolute Gasteiger partial charge is 0.222 e. The number of nitrogens with two attached hydrogens (primary N) is 1. The molecule has 1 amide bonds. The van der Waals surface area contributed by atoms with Crippen molar-refractivity contribution in [3.63, 3.8) is 0 Å². The molecule has 7 nitrogen and oxygen atoms in total. The lowest BCUT2D eigenvalue weighted by atomic mass is 10.1. The van der Waals surface area contributed by atoms with E-state index in [1.54, 1.807) is 26.5 Å². The van der Waals surface area contributed by atoms with Crippen LogP contribution < -0.4 is 5.73 Å². The van der Waals surface area contributed by atoms with Gasteiger partial charge in [0.25, 0.3) is 0 Å². The van der Waals surface area contributed by atoms with Crippen LogP contribution in [0.15, 0.2) is 0 Å². The summed E-state index contributed by atoms with van der Waals surface area (Å²) in [5.74, 6) is 1.82. The molecule has 1 saturated heterocycles. The molecule has 148 valence electrons. The molecule has 1 heterocycles. The maximum Gasteiger partial charge on any atom is 0.222 e. The molecule has 4 N–H and O–H groups in total. The number of amides is 1. The minimum atomic E-state index is -3.02. The first-order valence-corrected chi connectivity index (χ1v) is 13.0. The van der Waals surface area contributed by atoms with Gasteiger partial charge in [-0.25, -0.2) is 0 Å². The molecule has 25 heavy (non-hydrogen) atoms. The van der Waals surface area contributed by atoms with Crippen LogP contribution in [0.2, 0.25) is 0 Å². The van der Waals surface area contributed by atoms with E-state index < -0.39 is 13.5 Å². The Kier molecular flexibility index (Phi) is 11.7. The Morgan fingerprint density at radius 2 is 2.12 bits per heavy atom. The zero-order valence-electron chi connectivity index (χ0n) is 14.5. The van der Waals surface area contributed by atoms with Crippen LogP contribution in [-0.2, 0) is 13.9 Å². The summed E-state index contributed by atoms with van der Waals surface area (Å²) in [4.78, 5) is 14.1. The maximum atomic E-state index is 12.4. The minimum Gasteiger partial charge on any atom is -0.394 e. The molecule has 1 fully saturated rings. The van der Waals surface area contributed by atoms with Crippen molar-refractivity contribution in [3.05, 3.63) is 6.66 Å². The van der Waals surface area contributed by atoms with Crippen LogP contribution >= 0.6 is 29.0 Å². The lowest BCUT2D eigenvalue weighted by Crippen LogP contribution is -2.36. The van der Waals surface area contributed by atoms with Crippen LogP contribution in [0.25, 0.3) is 0 Å². The van der Waals surface area contributed by atoms with Gasteiger partial charge in [-0.1, -0.05) is 21.6 Å². The highest BCUT2D eigenvalue weighted by atomic mass is 33.1. The Morgan fingerprint density at radius 3 is 2.80 bits per heavy atom. The van der Waals surface area contributed by atoms with E-state index in [1.807, 2.05) is 0 Å². The van der Waals surface area contributed by atoms with E-state index in [9.17, 15) is 14.5 Å². The van der Waals surface area contributed by atoms with Crippen LogP contribution in [0.1, 0.15) is 25.7 Å². The predicted octanol–water partition coefficient (Wildman–Crippen LogP) is 1.54. The van der Waals surface area contributed by atoms with Gasteiger partial charge in [-0.05, 0) is 25.4 Å². The van der Waals surface area contributed by atoms with E-state index >= 15 is 0 Å². The van der Waals surface area contributed by atoms with Gasteiger partial charge in [-0.15, -0.1) is 0 Å². The summed E-state index contributed by atoms with van der Waals surface area (Å²) in [5.41, 5.74) is 5.42. The Morgan fingerprint density at radius 1 is 1.40 bits per heavy atom. The number of aliphatic hydroxyl groups is 2. The molecule has 1 aliphatic rings. The van der Waals surface area contributed by atoms with E-state index in [0.717, 1.165) is 17.9 Å². The molecule has 0 aromatic carbocycles. The molecule has 0 radical (unpaired) electrons. The summed E-state index contributed by atoms with van der Waals surface area (Å²) >= 11 is 0. The number of hydrogen-bond acceptors (Lipinski definition) is 8. The topological polar surface area (TPSA) is 113 Å². The number of β-amino-alcohol motifs (C(OH)–C–C–N with tert-alkyl or cyclic N) is 1. The Bertz CT molecular complexity index is 444. The molecule has 0 aromatic heterocycles. The molecule has 1 unspecified atom stereocenters. The highest BCUT2D eigenvalue weighted by molar-refractivity contribution is 8.76. The average molecular weight is 414 g/mol. The van der Waals surface area contributed by atoms with Crippen molar-refractivity contribution in [1.82, 2.24) is 4.90 Å². The van der Waals surface area contributed by atoms with Crippen LogP contribution in [0.5, 0.6) is 0 Å². The van der Waals surface area contributed by atoms with Gasteiger partial charge in [0.1, 0.15) is 0 Å². The molecule has 1 rings (SSSR count). The zero-order chi connectivity index (χ0) is 18.7. The molecular formula is C15H30N2O5PS2-.